The Morgan fingerprint density at radius 2 is 2.17 bits per heavy atom. The van der Waals surface area contributed by atoms with Gasteiger partial charge in [-0.25, -0.2) is 9.07 Å². The first-order chi connectivity index (χ1) is 8.51. The van der Waals surface area contributed by atoms with Crippen LogP contribution in [-0.2, 0) is 16.9 Å². The predicted octanol–water partition coefficient (Wildman–Crippen LogP) is 1.74. The fraction of sp³-hybridized carbons (Fsp3) is 0.417. The van der Waals surface area contributed by atoms with Crippen LogP contribution in [0.25, 0.3) is 0 Å². The van der Waals surface area contributed by atoms with E-state index >= 15 is 0 Å². The molecule has 0 amide bonds. The van der Waals surface area contributed by atoms with Gasteiger partial charge in [-0.2, -0.15) is 0 Å². The minimum absolute atomic E-state index is 0.356. The van der Waals surface area contributed by atoms with E-state index in [1.165, 1.54) is 12.3 Å². The highest BCUT2D eigenvalue weighted by Gasteiger charge is 2.23. The summed E-state index contributed by atoms with van der Waals surface area (Å²) in [5.74, 6) is -0.356. The van der Waals surface area contributed by atoms with Crippen molar-refractivity contribution in [2.45, 2.75) is 26.0 Å². The number of hydrogen-bond acceptors (Lipinski definition) is 4. The van der Waals surface area contributed by atoms with Gasteiger partial charge in [-0.05, 0) is 25.5 Å². The van der Waals surface area contributed by atoms with Gasteiger partial charge in [-0.1, -0.05) is 5.21 Å². The Balaban J connectivity index is 2.16. The molecule has 5 nitrogen and oxygen atoms in total. The third kappa shape index (κ3) is 2.70. The first kappa shape index (κ1) is 12.6. The van der Waals surface area contributed by atoms with Crippen LogP contribution >= 0.6 is 0 Å². The molecule has 0 unspecified atom stereocenters. The van der Waals surface area contributed by atoms with Crippen LogP contribution in [0.1, 0.15) is 25.1 Å². The quantitative estimate of drug-likeness (QED) is 0.829. The molecule has 0 N–H and O–H groups in total. The zero-order chi connectivity index (χ0) is 13.2. The third-order valence-electron chi connectivity index (χ3n) is 2.77. The normalized spacial score (nSPS) is 11.8. The number of nitrogens with zero attached hydrogens (tertiary/aromatic N) is 4. The molecule has 6 heteroatoms. The number of aromatic nitrogens is 4. The van der Waals surface area contributed by atoms with E-state index in [1.54, 1.807) is 24.2 Å². The van der Waals surface area contributed by atoms with E-state index in [9.17, 15) is 4.39 Å². The molecule has 0 fully saturated rings. The van der Waals surface area contributed by atoms with Gasteiger partial charge in [0.05, 0.1) is 18.9 Å². The lowest BCUT2D eigenvalue weighted by Crippen LogP contribution is -2.19. The number of rotatable bonds is 4. The lowest BCUT2D eigenvalue weighted by Gasteiger charge is -2.18. The standard InChI is InChI=1S/C12H15FN4O/c1-12(2,18-3)11-8-17(16-15-11)7-9-4-10(13)6-14-5-9/h4-6,8H,7H2,1-3H3. The SMILES string of the molecule is COC(C)(C)c1cn(Cc2cncc(F)c2)nn1. The molecular formula is C12H15FN4O. The van der Waals surface area contributed by atoms with Crippen LogP contribution in [0.5, 0.6) is 0 Å². The maximum atomic E-state index is 13.0. The Morgan fingerprint density at radius 1 is 1.39 bits per heavy atom. The second-order valence-electron chi connectivity index (χ2n) is 4.53. The van der Waals surface area contributed by atoms with Crippen molar-refractivity contribution in [1.29, 1.82) is 0 Å². The lowest BCUT2D eigenvalue weighted by molar-refractivity contribution is 0.0154. The fourth-order valence-corrected chi connectivity index (χ4v) is 1.49. The molecule has 0 aliphatic heterocycles. The summed E-state index contributed by atoms with van der Waals surface area (Å²) in [5.41, 5.74) is 0.981. The molecule has 0 atom stereocenters. The molecule has 0 saturated heterocycles. The number of halogens is 1. The number of methoxy groups -OCH3 is 1. The summed E-state index contributed by atoms with van der Waals surface area (Å²) in [6.45, 7) is 4.24. The molecule has 2 rings (SSSR count). The van der Waals surface area contributed by atoms with Crippen molar-refractivity contribution in [3.05, 3.63) is 41.7 Å². The van der Waals surface area contributed by atoms with E-state index in [0.717, 1.165) is 11.3 Å². The summed E-state index contributed by atoms with van der Waals surface area (Å²) in [4.78, 5) is 3.79. The first-order valence-corrected chi connectivity index (χ1v) is 5.56. The topological polar surface area (TPSA) is 52.8 Å². The average molecular weight is 250 g/mol. The molecule has 0 spiro atoms. The van der Waals surface area contributed by atoms with Crippen molar-refractivity contribution in [1.82, 2.24) is 20.0 Å². The van der Waals surface area contributed by atoms with Gasteiger partial charge in [0.15, 0.2) is 0 Å². The summed E-state index contributed by atoms with van der Waals surface area (Å²) >= 11 is 0. The summed E-state index contributed by atoms with van der Waals surface area (Å²) in [6, 6.07) is 1.43. The molecule has 18 heavy (non-hydrogen) atoms. The molecule has 0 aliphatic carbocycles. The van der Waals surface area contributed by atoms with Gasteiger partial charge in [0.1, 0.15) is 17.1 Å². The minimum atomic E-state index is -0.488. The molecule has 0 aromatic carbocycles. The van der Waals surface area contributed by atoms with Gasteiger partial charge in [0.2, 0.25) is 0 Å². The molecule has 2 heterocycles. The summed E-state index contributed by atoms with van der Waals surface area (Å²) in [5, 5.41) is 8.04. The zero-order valence-corrected chi connectivity index (χ0v) is 10.6. The average Bonchev–Trinajstić information content (AvgIpc) is 2.78. The molecule has 2 aromatic heterocycles. The van der Waals surface area contributed by atoms with E-state index < -0.39 is 5.60 Å². The highest BCUT2D eigenvalue weighted by atomic mass is 19.1. The Kier molecular flexibility index (Phi) is 3.38. The highest BCUT2D eigenvalue weighted by Crippen LogP contribution is 2.20. The second kappa shape index (κ2) is 4.81. The fourth-order valence-electron chi connectivity index (χ4n) is 1.49. The number of hydrogen-bond donors (Lipinski definition) is 0. The van der Waals surface area contributed by atoms with E-state index in [2.05, 4.69) is 15.3 Å². The van der Waals surface area contributed by atoms with Gasteiger partial charge < -0.3 is 4.74 Å². The van der Waals surface area contributed by atoms with Crippen LogP contribution in [-0.4, -0.2) is 27.1 Å². The summed E-state index contributed by atoms with van der Waals surface area (Å²) in [6.07, 6.45) is 4.56. The summed E-state index contributed by atoms with van der Waals surface area (Å²) in [7, 11) is 1.62. The zero-order valence-electron chi connectivity index (χ0n) is 10.6. The van der Waals surface area contributed by atoms with Crippen molar-refractivity contribution in [2.24, 2.45) is 0 Å². The molecule has 2 aromatic rings. The van der Waals surface area contributed by atoms with Gasteiger partial charge in [-0.3, -0.25) is 4.98 Å². The van der Waals surface area contributed by atoms with Crippen LogP contribution in [0, 0.1) is 5.82 Å². The summed E-state index contributed by atoms with van der Waals surface area (Å²) < 4.78 is 19.9. The van der Waals surface area contributed by atoms with Crippen LogP contribution < -0.4 is 0 Å². The van der Waals surface area contributed by atoms with E-state index in [4.69, 9.17) is 4.74 Å². The molecule has 0 saturated carbocycles. The van der Waals surface area contributed by atoms with Crippen LogP contribution in [0.4, 0.5) is 4.39 Å². The van der Waals surface area contributed by atoms with Gasteiger partial charge in [-0.15, -0.1) is 5.10 Å². The second-order valence-corrected chi connectivity index (χ2v) is 4.53. The number of ether oxygens (including phenoxy) is 1. The van der Waals surface area contributed by atoms with E-state index in [-0.39, 0.29) is 5.82 Å². The Bertz CT molecular complexity index is 538. The van der Waals surface area contributed by atoms with Crippen molar-refractivity contribution < 1.29 is 9.13 Å². The monoisotopic (exact) mass is 250 g/mol. The smallest absolute Gasteiger partial charge is 0.141 e. The lowest BCUT2D eigenvalue weighted by atomic mass is 10.1. The molecule has 96 valence electrons. The first-order valence-electron chi connectivity index (χ1n) is 5.56. The molecular weight excluding hydrogens is 235 g/mol. The maximum Gasteiger partial charge on any atom is 0.141 e. The molecule has 0 aliphatic rings. The Labute approximate surface area is 105 Å². The van der Waals surface area contributed by atoms with Crippen molar-refractivity contribution in [2.75, 3.05) is 7.11 Å². The van der Waals surface area contributed by atoms with Crippen LogP contribution in [0.15, 0.2) is 24.7 Å². The largest absolute Gasteiger partial charge is 0.372 e. The van der Waals surface area contributed by atoms with Gasteiger partial charge in [0, 0.05) is 13.3 Å². The minimum Gasteiger partial charge on any atom is -0.372 e. The van der Waals surface area contributed by atoms with Gasteiger partial charge >= 0.3 is 0 Å². The van der Waals surface area contributed by atoms with Crippen molar-refractivity contribution in [3.8, 4) is 0 Å². The van der Waals surface area contributed by atoms with E-state index in [1.807, 2.05) is 13.8 Å². The Hall–Kier alpha value is -1.82. The van der Waals surface area contributed by atoms with Crippen molar-refractivity contribution >= 4 is 0 Å². The third-order valence-corrected chi connectivity index (χ3v) is 2.77. The predicted molar refractivity (Wildman–Crippen MR) is 63.4 cm³/mol. The molecule has 0 bridgehead atoms. The van der Waals surface area contributed by atoms with Crippen molar-refractivity contribution in [3.63, 3.8) is 0 Å². The maximum absolute atomic E-state index is 13.0. The highest BCUT2D eigenvalue weighted by molar-refractivity contribution is 5.11. The van der Waals surface area contributed by atoms with Crippen LogP contribution in [0.3, 0.4) is 0 Å². The van der Waals surface area contributed by atoms with Crippen LogP contribution in [0.2, 0.25) is 0 Å². The van der Waals surface area contributed by atoms with E-state index in [0.29, 0.717) is 6.54 Å². The number of pyridine rings is 1. The Morgan fingerprint density at radius 3 is 2.83 bits per heavy atom. The molecule has 0 radical (unpaired) electrons. The van der Waals surface area contributed by atoms with Gasteiger partial charge in [0.25, 0.3) is 0 Å².